The molecule has 0 aliphatic rings. The summed E-state index contributed by atoms with van der Waals surface area (Å²) in [5, 5.41) is 15.8. The molecule has 0 aliphatic carbocycles. The fourth-order valence-corrected chi connectivity index (χ4v) is 1.76. The van der Waals surface area contributed by atoms with E-state index in [1.165, 1.54) is 0 Å². The third-order valence-electron chi connectivity index (χ3n) is 2.29. The second-order valence-corrected chi connectivity index (χ2v) is 4.37. The summed E-state index contributed by atoms with van der Waals surface area (Å²) in [7, 11) is 0. The summed E-state index contributed by atoms with van der Waals surface area (Å²) in [6, 6.07) is 0.0749. The van der Waals surface area contributed by atoms with Gasteiger partial charge in [-0.2, -0.15) is 5.10 Å². The summed E-state index contributed by atoms with van der Waals surface area (Å²) in [5.74, 6) is 0.214. The quantitative estimate of drug-likeness (QED) is 0.383. The Morgan fingerprint density at radius 3 is 2.67 bits per heavy atom. The first-order chi connectivity index (χ1) is 6.97. The maximum Gasteiger partial charge on any atom is 0.141 e. The number of halogens is 1. The normalized spacial score (nSPS) is 14.3. The van der Waals surface area contributed by atoms with E-state index in [4.69, 9.17) is 10.9 Å². The molecule has 0 saturated heterocycles. The zero-order valence-corrected chi connectivity index (χ0v) is 10.6. The van der Waals surface area contributed by atoms with Gasteiger partial charge in [0.05, 0.1) is 21.9 Å². The molecule has 0 saturated carbocycles. The second kappa shape index (κ2) is 4.65. The largest absolute Gasteiger partial charge is 0.409 e. The number of aromatic nitrogens is 2. The van der Waals surface area contributed by atoms with Gasteiger partial charge in [-0.25, -0.2) is 0 Å². The van der Waals surface area contributed by atoms with E-state index in [1.807, 2.05) is 25.5 Å². The van der Waals surface area contributed by atoms with Gasteiger partial charge in [0, 0.05) is 6.42 Å². The molecule has 0 fully saturated rings. The summed E-state index contributed by atoms with van der Waals surface area (Å²) in [5.41, 5.74) is 7.44. The standard InChI is InChI=1S/C9H15BrN4O/c1-5(4-8(11)13-15)14-7(3)9(10)6(2)12-14/h5,15H,4H2,1-3H3,(H2,11,13). The lowest BCUT2D eigenvalue weighted by atomic mass is 10.2. The monoisotopic (exact) mass is 274 g/mol. The van der Waals surface area contributed by atoms with Gasteiger partial charge in [-0.3, -0.25) is 4.68 Å². The third-order valence-corrected chi connectivity index (χ3v) is 3.43. The molecular formula is C9H15BrN4O. The van der Waals surface area contributed by atoms with Gasteiger partial charge in [0.2, 0.25) is 0 Å². The van der Waals surface area contributed by atoms with E-state index < -0.39 is 0 Å². The van der Waals surface area contributed by atoms with Crippen LogP contribution in [0.3, 0.4) is 0 Å². The number of hydrogen-bond acceptors (Lipinski definition) is 3. The molecule has 0 spiro atoms. The minimum atomic E-state index is 0.0749. The maximum absolute atomic E-state index is 8.48. The third kappa shape index (κ3) is 2.50. The number of hydrogen-bond donors (Lipinski definition) is 2. The predicted octanol–water partition coefficient (Wildman–Crippen LogP) is 1.96. The first-order valence-corrected chi connectivity index (χ1v) is 5.44. The van der Waals surface area contributed by atoms with Crippen molar-refractivity contribution >= 4 is 21.8 Å². The Kier molecular flexibility index (Phi) is 3.73. The molecule has 1 atom stereocenters. The molecule has 5 nitrogen and oxygen atoms in total. The van der Waals surface area contributed by atoms with Crippen LogP contribution in [0.15, 0.2) is 9.63 Å². The highest BCUT2D eigenvalue weighted by Gasteiger charge is 2.14. The van der Waals surface area contributed by atoms with Crippen LogP contribution < -0.4 is 5.73 Å². The highest BCUT2D eigenvalue weighted by atomic mass is 79.9. The zero-order chi connectivity index (χ0) is 11.6. The number of amidine groups is 1. The van der Waals surface area contributed by atoms with Crippen molar-refractivity contribution in [1.29, 1.82) is 0 Å². The van der Waals surface area contributed by atoms with Crippen molar-refractivity contribution in [3.05, 3.63) is 15.9 Å². The van der Waals surface area contributed by atoms with Crippen molar-refractivity contribution in [3.63, 3.8) is 0 Å². The van der Waals surface area contributed by atoms with Crippen molar-refractivity contribution in [2.24, 2.45) is 10.9 Å². The van der Waals surface area contributed by atoms with Crippen LogP contribution in [0, 0.1) is 13.8 Å². The summed E-state index contributed by atoms with van der Waals surface area (Å²) in [6.07, 6.45) is 0.477. The fraction of sp³-hybridized carbons (Fsp3) is 0.556. The minimum Gasteiger partial charge on any atom is -0.409 e. The van der Waals surface area contributed by atoms with Crippen LogP contribution in [-0.2, 0) is 0 Å². The molecule has 3 N–H and O–H groups in total. The molecule has 1 unspecified atom stereocenters. The van der Waals surface area contributed by atoms with Crippen molar-refractivity contribution < 1.29 is 5.21 Å². The van der Waals surface area contributed by atoms with Crippen LogP contribution in [0.25, 0.3) is 0 Å². The first-order valence-electron chi connectivity index (χ1n) is 4.65. The molecule has 0 radical (unpaired) electrons. The van der Waals surface area contributed by atoms with E-state index >= 15 is 0 Å². The van der Waals surface area contributed by atoms with Crippen LogP contribution in [0.5, 0.6) is 0 Å². The fourth-order valence-electron chi connectivity index (χ4n) is 1.50. The molecule has 1 aromatic heterocycles. The molecule has 15 heavy (non-hydrogen) atoms. The summed E-state index contributed by atoms with van der Waals surface area (Å²) >= 11 is 3.46. The molecule has 1 aromatic rings. The number of oxime groups is 1. The van der Waals surface area contributed by atoms with E-state index in [2.05, 4.69) is 26.2 Å². The summed E-state index contributed by atoms with van der Waals surface area (Å²) < 4.78 is 2.88. The molecule has 1 rings (SSSR count). The lowest BCUT2D eigenvalue weighted by Gasteiger charge is -2.13. The van der Waals surface area contributed by atoms with Crippen LogP contribution in [0.2, 0.25) is 0 Å². The molecule has 0 aromatic carbocycles. The Morgan fingerprint density at radius 1 is 1.67 bits per heavy atom. The van der Waals surface area contributed by atoms with Gasteiger partial charge >= 0.3 is 0 Å². The second-order valence-electron chi connectivity index (χ2n) is 3.57. The minimum absolute atomic E-state index is 0.0749. The molecule has 0 aliphatic heterocycles. The predicted molar refractivity (Wildman–Crippen MR) is 62.1 cm³/mol. The smallest absolute Gasteiger partial charge is 0.141 e. The van der Waals surface area contributed by atoms with Crippen LogP contribution in [0.4, 0.5) is 0 Å². The van der Waals surface area contributed by atoms with E-state index in [0.29, 0.717) is 6.42 Å². The van der Waals surface area contributed by atoms with Crippen molar-refractivity contribution in [2.75, 3.05) is 0 Å². The molecular weight excluding hydrogens is 260 g/mol. The molecule has 6 heteroatoms. The Bertz CT molecular complexity index is 386. The van der Waals surface area contributed by atoms with E-state index in [0.717, 1.165) is 15.9 Å². The van der Waals surface area contributed by atoms with Gasteiger partial charge < -0.3 is 10.9 Å². The van der Waals surface area contributed by atoms with Gasteiger partial charge in [0.1, 0.15) is 5.84 Å². The molecule has 84 valence electrons. The van der Waals surface area contributed by atoms with Gasteiger partial charge in [0.25, 0.3) is 0 Å². The van der Waals surface area contributed by atoms with Gasteiger partial charge in [-0.1, -0.05) is 5.16 Å². The average Bonchev–Trinajstić information content (AvgIpc) is 2.45. The van der Waals surface area contributed by atoms with Crippen molar-refractivity contribution in [3.8, 4) is 0 Å². The Labute approximate surface area is 97.1 Å². The number of nitrogens with zero attached hydrogens (tertiary/aromatic N) is 3. The first kappa shape index (κ1) is 12.0. The molecule has 1 heterocycles. The number of nitrogens with two attached hydrogens (primary N) is 1. The number of aryl methyl sites for hydroxylation is 1. The highest BCUT2D eigenvalue weighted by molar-refractivity contribution is 9.10. The summed E-state index contributed by atoms with van der Waals surface area (Å²) in [4.78, 5) is 0. The lowest BCUT2D eigenvalue weighted by Crippen LogP contribution is -2.19. The Hall–Kier alpha value is -1.04. The topological polar surface area (TPSA) is 76.4 Å². The summed E-state index contributed by atoms with van der Waals surface area (Å²) in [6.45, 7) is 5.89. The van der Waals surface area contributed by atoms with Crippen LogP contribution in [-0.4, -0.2) is 20.8 Å². The maximum atomic E-state index is 8.48. The number of rotatable bonds is 3. The van der Waals surface area contributed by atoms with Crippen LogP contribution >= 0.6 is 15.9 Å². The highest BCUT2D eigenvalue weighted by Crippen LogP contribution is 2.23. The average molecular weight is 275 g/mol. The van der Waals surface area contributed by atoms with Crippen molar-refractivity contribution in [1.82, 2.24) is 9.78 Å². The Balaban J connectivity index is 2.91. The van der Waals surface area contributed by atoms with Gasteiger partial charge in [0.15, 0.2) is 0 Å². The Morgan fingerprint density at radius 2 is 2.27 bits per heavy atom. The van der Waals surface area contributed by atoms with Crippen molar-refractivity contribution in [2.45, 2.75) is 33.2 Å². The SMILES string of the molecule is Cc1nn(C(C)CC(N)=NO)c(C)c1Br. The van der Waals surface area contributed by atoms with E-state index in [-0.39, 0.29) is 11.9 Å². The van der Waals surface area contributed by atoms with Crippen LogP contribution in [0.1, 0.15) is 30.8 Å². The van der Waals surface area contributed by atoms with Gasteiger partial charge in [-0.15, -0.1) is 0 Å². The lowest BCUT2D eigenvalue weighted by molar-refractivity contribution is 0.315. The molecule has 0 amide bonds. The van der Waals surface area contributed by atoms with E-state index in [9.17, 15) is 0 Å². The van der Waals surface area contributed by atoms with E-state index in [1.54, 1.807) is 0 Å². The van der Waals surface area contributed by atoms with Gasteiger partial charge in [-0.05, 0) is 36.7 Å². The molecule has 0 bridgehead atoms. The zero-order valence-electron chi connectivity index (χ0n) is 9.03.